The Morgan fingerprint density at radius 3 is 3.00 bits per heavy atom. The van der Waals surface area contributed by atoms with Crippen LogP contribution in [0.4, 0.5) is 0 Å². The number of nitrogens with one attached hydrogen (secondary N) is 1. The lowest BCUT2D eigenvalue weighted by molar-refractivity contribution is 0.283. The van der Waals surface area contributed by atoms with Gasteiger partial charge in [0.15, 0.2) is 0 Å². The summed E-state index contributed by atoms with van der Waals surface area (Å²) < 4.78 is 4.69. The molecule has 0 fully saturated rings. The standard InChI is InChI=1S/C9H16N2O2/c12-6-3-1-2-5-10-8-9-4-7-13-11-9/h4,7,10,12H,1-3,5-6,8H2. The van der Waals surface area contributed by atoms with Crippen molar-refractivity contribution < 1.29 is 9.63 Å². The molecule has 4 nitrogen and oxygen atoms in total. The van der Waals surface area contributed by atoms with Gasteiger partial charge in [-0.1, -0.05) is 5.16 Å². The van der Waals surface area contributed by atoms with Gasteiger partial charge in [0, 0.05) is 19.2 Å². The quantitative estimate of drug-likeness (QED) is 0.619. The zero-order valence-electron chi connectivity index (χ0n) is 7.70. The lowest BCUT2D eigenvalue weighted by atomic mass is 10.2. The van der Waals surface area contributed by atoms with Crippen LogP contribution in [0.15, 0.2) is 16.9 Å². The van der Waals surface area contributed by atoms with Crippen LogP contribution in [-0.4, -0.2) is 23.4 Å². The molecule has 1 heterocycles. The van der Waals surface area contributed by atoms with Crippen LogP contribution >= 0.6 is 0 Å². The Hall–Kier alpha value is -0.870. The minimum atomic E-state index is 0.295. The zero-order valence-corrected chi connectivity index (χ0v) is 7.70. The lowest BCUT2D eigenvalue weighted by Crippen LogP contribution is -2.14. The number of nitrogens with zero attached hydrogens (tertiary/aromatic N) is 1. The van der Waals surface area contributed by atoms with Gasteiger partial charge in [-0.05, 0) is 25.8 Å². The van der Waals surface area contributed by atoms with Crippen LogP contribution in [0.3, 0.4) is 0 Å². The molecule has 0 aliphatic heterocycles. The van der Waals surface area contributed by atoms with Crippen LogP contribution in [-0.2, 0) is 6.54 Å². The second-order valence-corrected chi connectivity index (χ2v) is 2.95. The van der Waals surface area contributed by atoms with E-state index in [0.717, 1.165) is 38.0 Å². The topological polar surface area (TPSA) is 58.3 Å². The van der Waals surface area contributed by atoms with Gasteiger partial charge in [0.2, 0.25) is 0 Å². The minimum Gasteiger partial charge on any atom is -0.396 e. The van der Waals surface area contributed by atoms with Crippen molar-refractivity contribution in [3.8, 4) is 0 Å². The number of aliphatic hydroxyl groups excluding tert-OH is 1. The second kappa shape index (κ2) is 6.62. The molecule has 0 unspecified atom stereocenters. The summed E-state index contributed by atoms with van der Waals surface area (Å²) >= 11 is 0. The van der Waals surface area contributed by atoms with E-state index < -0.39 is 0 Å². The SMILES string of the molecule is OCCCCCNCc1ccon1. The molecule has 0 saturated heterocycles. The molecule has 4 heteroatoms. The molecule has 0 amide bonds. The third-order valence-electron chi connectivity index (χ3n) is 1.81. The van der Waals surface area contributed by atoms with Crippen molar-refractivity contribution in [2.24, 2.45) is 0 Å². The van der Waals surface area contributed by atoms with Crippen LogP contribution in [0.25, 0.3) is 0 Å². The van der Waals surface area contributed by atoms with Gasteiger partial charge in [0.25, 0.3) is 0 Å². The molecule has 1 rings (SSSR count). The van der Waals surface area contributed by atoms with E-state index >= 15 is 0 Å². The fourth-order valence-corrected chi connectivity index (χ4v) is 1.08. The highest BCUT2D eigenvalue weighted by Crippen LogP contribution is 1.95. The van der Waals surface area contributed by atoms with Crippen molar-refractivity contribution in [2.45, 2.75) is 25.8 Å². The predicted octanol–water partition coefficient (Wildman–Crippen LogP) is 0.927. The third-order valence-corrected chi connectivity index (χ3v) is 1.81. The molecule has 0 spiro atoms. The lowest BCUT2D eigenvalue weighted by Gasteiger charge is -2.00. The monoisotopic (exact) mass is 184 g/mol. The molecule has 1 aromatic heterocycles. The Labute approximate surface area is 77.9 Å². The molecular formula is C9H16N2O2. The highest BCUT2D eigenvalue weighted by atomic mass is 16.5. The average Bonchev–Trinajstić information content (AvgIpc) is 2.63. The molecule has 0 radical (unpaired) electrons. The first-order valence-electron chi connectivity index (χ1n) is 4.64. The van der Waals surface area contributed by atoms with Crippen LogP contribution in [0, 0.1) is 0 Å². The van der Waals surface area contributed by atoms with Gasteiger partial charge >= 0.3 is 0 Å². The fraction of sp³-hybridized carbons (Fsp3) is 0.667. The van der Waals surface area contributed by atoms with E-state index in [1.807, 2.05) is 6.07 Å². The molecule has 0 bridgehead atoms. The fourth-order valence-electron chi connectivity index (χ4n) is 1.08. The summed E-state index contributed by atoms with van der Waals surface area (Å²) in [6.45, 7) is 2.02. The normalized spacial score (nSPS) is 10.5. The largest absolute Gasteiger partial charge is 0.396 e. The van der Waals surface area contributed by atoms with Crippen LogP contribution in [0.5, 0.6) is 0 Å². The Balaban J connectivity index is 1.90. The summed E-state index contributed by atoms with van der Waals surface area (Å²) in [4.78, 5) is 0. The summed E-state index contributed by atoms with van der Waals surface area (Å²) in [5, 5.41) is 15.5. The van der Waals surface area contributed by atoms with Crippen molar-refractivity contribution in [3.63, 3.8) is 0 Å². The first-order chi connectivity index (χ1) is 6.43. The van der Waals surface area contributed by atoms with E-state index in [1.165, 1.54) is 0 Å². The Morgan fingerprint density at radius 2 is 2.31 bits per heavy atom. The first kappa shape index (κ1) is 10.2. The van der Waals surface area contributed by atoms with E-state index in [0.29, 0.717) is 6.61 Å². The summed E-state index contributed by atoms with van der Waals surface area (Å²) in [5.41, 5.74) is 0.933. The van der Waals surface area contributed by atoms with Crippen molar-refractivity contribution >= 4 is 0 Å². The van der Waals surface area contributed by atoms with E-state index in [-0.39, 0.29) is 0 Å². The van der Waals surface area contributed by atoms with Crippen LogP contribution < -0.4 is 5.32 Å². The molecular weight excluding hydrogens is 168 g/mol. The minimum absolute atomic E-state index is 0.295. The van der Waals surface area contributed by atoms with Crippen molar-refractivity contribution in [2.75, 3.05) is 13.2 Å². The number of aliphatic hydroxyl groups is 1. The number of unbranched alkanes of at least 4 members (excludes halogenated alkanes) is 2. The first-order valence-corrected chi connectivity index (χ1v) is 4.64. The molecule has 0 aromatic carbocycles. The van der Waals surface area contributed by atoms with Crippen molar-refractivity contribution in [3.05, 3.63) is 18.0 Å². The highest BCUT2D eigenvalue weighted by Gasteiger charge is 1.94. The maximum atomic E-state index is 8.53. The van der Waals surface area contributed by atoms with Crippen LogP contribution in [0.1, 0.15) is 25.0 Å². The summed E-state index contributed by atoms with van der Waals surface area (Å²) in [6.07, 6.45) is 4.63. The average molecular weight is 184 g/mol. The highest BCUT2D eigenvalue weighted by molar-refractivity contribution is 4.93. The molecule has 13 heavy (non-hydrogen) atoms. The molecule has 0 aliphatic carbocycles. The van der Waals surface area contributed by atoms with Gasteiger partial charge in [0.05, 0.1) is 5.69 Å². The number of hydrogen-bond donors (Lipinski definition) is 2. The molecule has 0 aliphatic rings. The maximum absolute atomic E-state index is 8.53. The van der Waals surface area contributed by atoms with Gasteiger partial charge in [-0.15, -0.1) is 0 Å². The van der Waals surface area contributed by atoms with Gasteiger partial charge in [-0.3, -0.25) is 0 Å². The second-order valence-electron chi connectivity index (χ2n) is 2.95. The maximum Gasteiger partial charge on any atom is 0.124 e. The van der Waals surface area contributed by atoms with E-state index in [9.17, 15) is 0 Å². The van der Waals surface area contributed by atoms with Gasteiger partial charge in [-0.25, -0.2) is 0 Å². The Bertz CT molecular complexity index is 199. The van der Waals surface area contributed by atoms with Crippen molar-refractivity contribution in [1.29, 1.82) is 0 Å². The molecule has 2 N–H and O–H groups in total. The smallest absolute Gasteiger partial charge is 0.124 e. The zero-order chi connectivity index (χ0) is 9.36. The summed E-state index contributed by atoms with van der Waals surface area (Å²) in [7, 11) is 0. The molecule has 1 aromatic rings. The number of hydrogen-bond acceptors (Lipinski definition) is 4. The Kier molecular flexibility index (Phi) is 5.20. The van der Waals surface area contributed by atoms with Crippen LogP contribution in [0.2, 0.25) is 0 Å². The molecule has 74 valence electrons. The van der Waals surface area contributed by atoms with E-state index in [4.69, 9.17) is 5.11 Å². The van der Waals surface area contributed by atoms with Gasteiger partial charge in [0.1, 0.15) is 6.26 Å². The molecule has 0 saturated carbocycles. The van der Waals surface area contributed by atoms with E-state index in [1.54, 1.807) is 6.26 Å². The van der Waals surface area contributed by atoms with Gasteiger partial charge in [-0.2, -0.15) is 0 Å². The van der Waals surface area contributed by atoms with Crippen molar-refractivity contribution in [1.82, 2.24) is 10.5 Å². The van der Waals surface area contributed by atoms with E-state index in [2.05, 4.69) is 15.0 Å². The number of aromatic nitrogens is 1. The molecule has 0 atom stereocenters. The predicted molar refractivity (Wildman–Crippen MR) is 49.1 cm³/mol. The summed E-state index contributed by atoms with van der Waals surface area (Å²) in [5.74, 6) is 0. The number of rotatable bonds is 7. The summed E-state index contributed by atoms with van der Waals surface area (Å²) in [6, 6.07) is 1.85. The Morgan fingerprint density at radius 1 is 1.38 bits per heavy atom. The third kappa shape index (κ3) is 4.65. The van der Waals surface area contributed by atoms with Gasteiger partial charge < -0.3 is 14.9 Å².